The number of nitro groups is 1. The second-order valence-electron chi connectivity index (χ2n) is 2.70. The first-order chi connectivity index (χ1) is 6.02. The molecule has 0 amide bonds. The van der Waals surface area contributed by atoms with Gasteiger partial charge in [0.05, 0.1) is 4.92 Å². The number of hydrogen-bond acceptors (Lipinski definition) is 3. The number of hydrogen-bond donors (Lipinski definition) is 1. The van der Waals surface area contributed by atoms with Crippen molar-refractivity contribution in [2.45, 2.75) is 6.92 Å². The monoisotopic (exact) mass is 179 g/mol. The van der Waals surface area contributed by atoms with Gasteiger partial charge in [-0.2, -0.15) is 0 Å². The van der Waals surface area contributed by atoms with Gasteiger partial charge in [0.25, 0.3) is 5.69 Å². The van der Waals surface area contributed by atoms with Crippen molar-refractivity contribution in [1.29, 1.82) is 0 Å². The second kappa shape index (κ2) is 3.26. The molecule has 0 heterocycles. The van der Waals surface area contributed by atoms with Crippen LogP contribution in [0.4, 0.5) is 5.69 Å². The van der Waals surface area contributed by atoms with Crippen molar-refractivity contribution < 1.29 is 10.0 Å². The summed E-state index contributed by atoms with van der Waals surface area (Å²) in [7, 11) is 0. The summed E-state index contributed by atoms with van der Waals surface area (Å²) < 4.78 is 0. The van der Waals surface area contributed by atoms with Crippen molar-refractivity contribution in [3.63, 3.8) is 0 Å². The summed E-state index contributed by atoms with van der Waals surface area (Å²) in [6.07, 6.45) is 0. The van der Waals surface area contributed by atoms with E-state index >= 15 is 0 Å². The molecule has 4 nitrogen and oxygen atoms in total. The summed E-state index contributed by atoms with van der Waals surface area (Å²) in [6.45, 7) is 5.03. The lowest BCUT2D eigenvalue weighted by Crippen LogP contribution is -1.91. The number of non-ortho nitro benzene ring substituents is 1. The molecule has 0 saturated carbocycles. The zero-order valence-electron chi connectivity index (χ0n) is 7.15. The Morgan fingerprint density at radius 1 is 1.62 bits per heavy atom. The first-order valence-corrected chi connectivity index (χ1v) is 3.65. The van der Waals surface area contributed by atoms with E-state index in [0.29, 0.717) is 11.1 Å². The van der Waals surface area contributed by atoms with Crippen molar-refractivity contribution in [3.05, 3.63) is 46.0 Å². The van der Waals surface area contributed by atoms with Crippen molar-refractivity contribution in [2.75, 3.05) is 0 Å². The van der Waals surface area contributed by atoms with Crippen molar-refractivity contribution in [2.24, 2.45) is 0 Å². The fourth-order valence-corrected chi connectivity index (χ4v) is 1.09. The highest BCUT2D eigenvalue weighted by molar-refractivity contribution is 5.61. The second-order valence-corrected chi connectivity index (χ2v) is 2.70. The van der Waals surface area contributed by atoms with E-state index in [1.165, 1.54) is 18.2 Å². The molecule has 0 fully saturated rings. The number of nitro benzene ring substituents is 1. The van der Waals surface area contributed by atoms with Gasteiger partial charge in [0.15, 0.2) is 0 Å². The molecule has 0 aliphatic heterocycles. The molecule has 0 aromatic heterocycles. The molecule has 4 heteroatoms. The first-order valence-electron chi connectivity index (χ1n) is 3.65. The van der Waals surface area contributed by atoms with Crippen LogP contribution in [0.2, 0.25) is 0 Å². The summed E-state index contributed by atoms with van der Waals surface area (Å²) >= 11 is 0. The summed E-state index contributed by atoms with van der Waals surface area (Å²) in [5.41, 5.74) is 1.19. The Morgan fingerprint density at radius 3 is 2.62 bits per heavy atom. The van der Waals surface area contributed by atoms with Crippen LogP contribution >= 0.6 is 0 Å². The van der Waals surface area contributed by atoms with Gasteiger partial charge in [-0.25, -0.2) is 0 Å². The molecule has 1 aromatic carbocycles. The maximum atomic E-state index is 10.4. The Labute approximate surface area is 75.3 Å². The number of aliphatic hydroxyl groups is 1. The maximum absolute atomic E-state index is 10.4. The minimum atomic E-state index is -0.475. The van der Waals surface area contributed by atoms with E-state index < -0.39 is 4.92 Å². The summed E-state index contributed by atoms with van der Waals surface area (Å²) in [6, 6.07) is 4.22. The normalized spacial score (nSPS) is 9.62. The van der Waals surface area contributed by atoms with Gasteiger partial charge in [0.1, 0.15) is 5.76 Å². The average molecular weight is 179 g/mol. The number of aliphatic hydroxyl groups excluding tert-OH is 1. The van der Waals surface area contributed by atoms with Crippen LogP contribution < -0.4 is 0 Å². The molecule has 0 aliphatic rings. The van der Waals surface area contributed by atoms with E-state index in [1.54, 1.807) is 6.92 Å². The van der Waals surface area contributed by atoms with E-state index in [0.717, 1.165) is 0 Å². The molecular weight excluding hydrogens is 170 g/mol. The average Bonchev–Trinajstić information content (AvgIpc) is 2.03. The Hall–Kier alpha value is -1.84. The van der Waals surface area contributed by atoms with E-state index in [1.807, 2.05) is 0 Å². The highest BCUT2D eigenvalue weighted by atomic mass is 16.6. The quantitative estimate of drug-likeness (QED) is 0.430. The lowest BCUT2D eigenvalue weighted by Gasteiger charge is -2.02. The predicted molar refractivity (Wildman–Crippen MR) is 49.5 cm³/mol. The van der Waals surface area contributed by atoms with Crippen molar-refractivity contribution >= 4 is 11.4 Å². The standard InChI is InChI=1S/C9H9NO3/c1-6-5-8(10(12)13)3-4-9(6)7(2)11/h3-5,11H,2H2,1H3. The largest absolute Gasteiger partial charge is 0.508 e. The van der Waals surface area contributed by atoms with Crippen LogP contribution in [0.15, 0.2) is 24.8 Å². The van der Waals surface area contributed by atoms with Crippen LogP contribution in [0.25, 0.3) is 5.76 Å². The summed E-state index contributed by atoms with van der Waals surface area (Å²) in [5.74, 6) is -0.0765. The van der Waals surface area contributed by atoms with Crippen molar-refractivity contribution in [1.82, 2.24) is 0 Å². The van der Waals surface area contributed by atoms with E-state index in [4.69, 9.17) is 5.11 Å². The first kappa shape index (κ1) is 9.25. The van der Waals surface area contributed by atoms with Gasteiger partial charge in [-0.3, -0.25) is 10.1 Å². The van der Waals surface area contributed by atoms with Crippen LogP contribution in [-0.4, -0.2) is 10.0 Å². The number of nitrogens with zero attached hydrogens (tertiary/aromatic N) is 1. The molecule has 1 rings (SSSR count). The topological polar surface area (TPSA) is 63.4 Å². The van der Waals surface area contributed by atoms with Gasteiger partial charge in [0.2, 0.25) is 0 Å². The molecule has 0 unspecified atom stereocenters. The maximum Gasteiger partial charge on any atom is 0.269 e. The van der Waals surface area contributed by atoms with Gasteiger partial charge in [-0.05, 0) is 18.6 Å². The fraction of sp³-hybridized carbons (Fsp3) is 0.111. The molecule has 1 N–H and O–H groups in total. The highest BCUT2D eigenvalue weighted by Crippen LogP contribution is 2.20. The smallest absolute Gasteiger partial charge is 0.269 e. The van der Waals surface area contributed by atoms with Crippen LogP contribution in [0.1, 0.15) is 11.1 Å². The fourth-order valence-electron chi connectivity index (χ4n) is 1.09. The predicted octanol–water partition coefficient (Wildman–Crippen LogP) is 2.43. The number of benzene rings is 1. The molecule has 1 aromatic rings. The Kier molecular flexibility index (Phi) is 2.32. The van der Waals surface area contributed by atoms with Gasteiger partial charge >= 0.3 is 0 Å². The third kappa shape index (κ3) is 1.84. The summed E-state index contributed by atoms with van der Waals surface area (Å²) in [5, 5.41) is 19.4. The zero-order valence-corrected chi connectivity index (χ0v) is 7.15. The van der Waals surface area contributed by atoms with Gasteiger partial charge in [0, 0.05) is 17.7 Å². The third-order valence-electron chi connectivity index (χ3n) is 1.73. The Bertz CT molecular complexity index is 371. The minimum Gasteiger partial charge on any atom is -0.508 e. The van der Waals surface area contributed by atoms with Gasteiger partial charge in [-0.15, -0.1) is 0 Å². The Balaban J connectivity index is 3.20. The molecular formula is C9H9NO3. The minimum absolute atomic E-state index is 0.0162. The highest BCUT2D eigenvalue weighted by Gasteiger charge is 2.08. The Morgan fingerprint density at radius 2 is 2.23 bits per heavy atom. The lowest BCUT2D eigenvalue weighted by atomic mass is 10.1. The van der Waals surface area contributed by atoms with E-state index in [9.17, 15) is 10.1 Å². The third-order valence-corrected chi connectivity index (χ3v) is 1.73. The SMILES string of the molecule is C=C(O)c1ccc([N+](=O)[O-])cc1C. The molecule has 0 spiro atoms. The molecule has 0 radical (unpaired) electrons. The molecule has 68 valence electrons. The molecule has 13 heavy (non-hydrogen) atoms. The van der Waals surface area contributed by atoms with Gasteiger partial charge < -0.3 is 5.11 Å². The molecule has 0 bridgehead atoms. The van der Waals surface area contributed by atoms with Crippen LogP contribution in [-0.2, 0) is 0 Å². The van der Waals surface area contributed by atoms with Crippen LogP contribution in [0, 0.1) is 17.0 Å². The van der Waals surface area contributed by atoms with E-state index in [-0.39, 0.29) is 11.4 Å². The van der Waals surface area contributed by atoms with Gasteiger partial charge in [-0.1, -0.05) is 6.58 Å². The van der Waals surface area contributed by atoms with Crippen LogP contribution in [0.5, 0.6) is 0 Å². The van der Waals surface area contributed by atoms with E-state index in [2.05, 4.69) is 6.58 Å². The van der Waals surface area contributed by atoms with Crippen molar-refractivity contribution in [3.8, 4) is 0 Å². The zero-order chi connectivity index (χ0) is 10.0. The van der Waals surface area contributed by atoms with Crippen LogP contribution in [0.3, 0.4) is 0 Å². The molecule has 0 aliphatic carbocycles. The summed E-state index contributed by atoms with van der Waals surface area (Å²) in [4.78, 5) is 9.88. The lowest BCUT2D eigenvalue weighted by molar-refractivity contribution is -0.384. The molecule has 0 saturated heterocycles. The molecule has 0 atom stereocenters. The number of rotatable bonds is 2. The number of aryl methyl sites for hydroxylation is 1.